The average molecular weight is 410 g/mol. The lowest BCUT2D eigenvalue weighted by Crippen LogP contribution is -2.29. The summed E-state index contributed by atoms with van der Waals surface area (Å²) in [6.45, 7) is 8.69. The smallest absolute Gasteiger partial charge is 0.305 e. The molecule has 0 saturated heterocycles. The first-order valence-corrected chi connectivity index (χ1v) is 13.1. The van der Waals surface area contributed by atoms with Crippen molar-refractivity contribution in [1.82, 2.24) is 4.90 Å². The second-order valence-electron chi connectivity index (χ2n) is 9.29. The summed E-state index contributed by atoms with van der Waals surface area (Å²) in [5, 5.41) is 0. The van der Waals surface area contributed by atoms with Crippen molar-refractivity contribution < 1.29 is 9.53 Å². The molecule has 29 heavy (non-hydrogen) atoms. The van der Waals surface area contributed by atoms with Gasteiger partial charge in [0.05, 0.1) is 6.61 Å². The molecule has 0 unspecified atom stereocenters. The molecule has 0 radical (unpaired) electrons. The SMILES string of the molecule is CCCCCCCCCN(CCCCCC(=O)OCCC)CCC1CCCCC1. The molecule has 0 atom stereocenters. The molecule has 3 heteroatoms. The minimum atomic E-state index is -0.0101. The highest BCUT2D eigenvalue weighted by Crippen LogP contribution is 2.26. The van der Waals surface area contributed by atoms with Gasteiger partial charge in [-0.3, -0.25) is 4.79 Å². The zero-order chi connectivity index (χ0) is 21.0. The van der Waals surface area contributed by atoms with Gasteiger partial charge in [0.25, 0.3) is 0 Å². The Morgan fingerprint density at radius 1 is 0.759 bits per heavy atom. The van der Waals surface area contributed by atoms with Crippen LogP contribution in [0.3, 0.4) is 0 Å². The maximum Gasteiger partial charge on any atom is 0.305 e. The van der Waals surface area contributed by atoms with E-state index in [1.165, 1.54) is 110 Å². The molecule has 1 aliphatic rings. The number of carbonyl (C=O) groups is 1. The van der Waals surface area contributed by atoms with Crippen molar-refractivity contribution >= 4 is 5.97 Å². The van der Waals surface area contributed by atoms with Crippen molar-refractivity contribution in [2.24, 2.45) is 5.92 Å². The van der Waals surface area contributed by atoms with Crippen LogP contribution in [-0.4, -0.2) is 37.1 Å². The third-order valence-electron chi connectivity index (χ3n) is 6.48. The molecule has 0 aromatic rings. The van der Waals surface area contributed by atoms with Crippen LogP contribution in [0.1, 0.15) is 129 Å². The Labute approximate surface area is 182 Å². The summed E-state index contributed by atoms with van der Waals surface area (Å²) < 4.78 is 5.18. The lowest BCUT2D eigenvalue weighted by molar-refractivity contribution is -0.143. The average Bonchev–Trinajstić information content (AvgIpc) is 2.75. The molecule has 1 fully saturated rings. The van der Waals surface area contributed by atoms with Gasteiger partial charge >= 0.3 is 5.97 Å². The van der Waals surface area contributed by atoms with Crippen LogP contribution in [0.15, 0.2) is 0 Å². The highest BCUT2D eigenvalue weighted by atomic mass is 16.5. The van der Waals surface area contributed by atoms with Gasteiger partial charge in [-0.2, -0.15) is 0 Å². The van der Waals surface area contributed by atoms with E-state index >= 15 is 0 Å². The number of hydrogen-bond acceptors (Lipinski definition) is 3. The van der Waals surface area contributed by atoms with Gasteiger partial charge in [0.2, 0.25) is 0 Å². The number of esters is 1. The monoisotopic (exact) mass is 409 g/mol. The van der Waals surface area contributed by atoms with Gasteiger partial charge in [0.1, 0.15) is 0 Å². The summed E-state index contributed by atoms with van der Waals surface area (Å²) in [7, 11) is 0. The first-order chi connectivity index (χ1) is 14.3. The van der Waals surface area contributed by atoms with Crippen molar-refractivity contribution in [1.29, 1.82) is 0 Å². The van der Waals surface area contributed by atoms with E-state index in [0.29, 0.717) is 13.0 Å². The lowest BCUT2D eigenvalue weighted by atomic mass is 9.87. The number of unbranched alkanes of at least 4 members (excludes halogenated alkanes) is 8. The predicted octanol–water partition coefficient (Wildman–Crippen LogP) is 7.52. The standard InChI is InChI=1S/C26H51NO2/c1-3-5-6-7-8-9-15-21-27(23-20-25-17-12-10-13-18-25)22-16-11-14-19-26(28)29-24-4-2/h25H,3-24H2,1-2H3. The Morgan fingerprint density at radius 3 is 2.03 bits per heavy atom. The van der Waals surface area contributed by atoms with E-state index in [-0.39, 0.29) is 5.97 Å². The number of nitrogens with zero attached hydrogens (tertiary/aromatic N) is 1. The first-order valence-electron chi connectivity index (χ1n) is 13.1. The summed E-state index contributed by atoms with van der Waals surface area (Å²) in [5.41, 5.74) is 0. The van der Waals surface area contributed by atoms with E-state index in [0.717, 1.165) is 25.2 Å². The lowest BCUT2D eigenvalue weighted by Gasteiger charge is -2.27. The zero-order valence-electron chi connectivity index (χ0n) is 19.9. The minimum absolute atomic E-state index is 0.0101. The van der Waals surface area contributed by atoms with Gasteiger partial charge in [-0.15, -0.1) is 0 Å². The second-order valence-corrected chi connectivity index (χ2v) is 9.29. The van der Waals surface area contributed by atoms with Crippen LogP contribution < -0.4 is 0 Å². The fraction of sp³-hybridized carbons (Fsp3) is 0.962. The quantitative estimate of drug-likeness (QED) is 0.163. The molecule has 1 saturated carbocycles. The van der Waals surface area contributed by atoms with E-state index < -0.39 is 0 Å². The molecule has 1 rings (SSSR count). The van der Waals surface area contributed by atoms with Gasteiger partial charge in [-0.1, -0.05) is 90.9 Å². The van der Waals surface area contributed by atoms with E-state index in [2.05, 4.69) is 11.8 Å². The van der Waals surface area contributed by atoms with Crippen molar-refractivity contribution in [3.63, 3.8) is 0 Å². The van der Waals surface area contributed by atoms with Crippen LogP contribution in [-0.2, 0) is 9.53 Å². The van der Waals surface area contributed by atoms with Crippen LogP contribution >= 0.6 is 0 Å². The second kappa shape index (κ2) is 19.4. The minimum Gasteiger partial charge on any atom is -0.466 e. The number of hydrogen-bond donors (Lipinski definition) is 0. The molecule has 0 aromatic carbocycles. The van der Waals surface area contributed by atoms with Crippen molar-refractivity contribution in [3.8, 4) is 0 Å². The summed E-state index contributed by atoms with van der Waals surface area (Å²) >= 11 is 0. The molecule has 0 aromatic heterocycles. The molecule has 3 nitrogen and oxygen atoms in total. The summed E-state index contributed by atoms with van der Waals surface area (Å²) in [5.74, 6) is 0.970. The first kappa shape index (κ1) is 26.5. The number of carbonyl (C=O) groups excluding carboxylic acids is 1. The molecule has 0 amide bonds. The molecular formula is C26H51NO2. The maximum atomic E-state index is 11.6. The Balaban J connectivity index is 2.18. The normalized spacial score (nSPS) is 15.1. The highest BCUT2D eigenvalue weighted by molar-refractivity contribution is 5.69. The van der Waals surface area contributed by atoms with E-state index in [1.54, 1.807) is 0 Å². The van der Waals surface area contributed by atoms with Crippen molar-refractivity contribution in [3.05, 3.63) is 0 Å². The summed E-state index contributed by atoms with van der Waals surface area (Å²) in [4.78, 5) is 14.3. The Bertz CT molecular complexity index is 366. The van der Waals surface area contributed by atoms with Gasteiger partial charge < -0.3 is 9.64 Å². The Hall–Kier alpha value is -0.570. The van der Waals surface area contributed by atoms with Crippen LogP contribution in [0.4, 0.5) is 0 Å². The molecule has 0 aliphatic heterocycles. The van der Waals surface area contributed by atoms with Crippen LogP contribution in [0.2, 0.25) is 0 Å². The molecule has 0 N–H and O–H groups in total. The number of rotatable bonds is 19. The van der Waals surface area contributed by atoms with Crippen LogP contribution in [0.5, 0.6) is 0 Å². The van der Waals surface area contributed by atoms with Gasteiger partial charge in [-0.25, -0.2) is 0 Å². The Morgan fingerprint density at radius 2 is 1.38 bits per heavy atom. The fourth-order valence-corrected chi connectivity index (χ4v) is 4.54. The van der Waals surface area contributed by atoms with Crippen molar-refractivity contribution in [2.45, 2.75) is 129 Å². The third kappa shape index (κ3) is 15.9. The van der Waals surface area contributed by atoms with E-state index in [1.807, 2.05) is 6.92 Å². The predicted molar refractivity (Wildman–Crippen MR) is 125 cm³/mol. The zero-order valence-corrected chi connectivity index (χ0v) is 19.9. The molecule has 0 heterocycles. The maximum absolute atomic E-state index is 11.6. The van der Waals surface area contributed by atoms with Crippen molar-refractivity contribution in [2.75, 3.05) is 26.2 Å². The fourth-order valence-electron chi connectivity index (χ4n) is 4.54. The summed E-state index contributed by atoms with van der Waals surface area (Å²) in [6.07, 6.45) is 23.3. The third-order valence-corrected chi connectivity index (χ3v) is 6.48. The number of ether oxygens (including phenoxy) is 1. The molecule has 172 valence electrons. The molecule has 0 bridgehead atoms. The van der Waals surface area contributed by atoms with Crippen LogP contribution in [0.25, 0.3) is 0 Å². The van der Waals surface area contributed by atoms with Gasteiger partial charge in [0, 0.05) is 6.42 Å². The van der Waals surface area contributed by atoms with Gasteiger partial charge in [-0.05, 0) is 57.7 Å². The molecular weight excluding hydrogens is 358 g/mol. The largest absolute Gasteiger partial charge is 0.466 e. The van der Waals surface area contributed by atoms with Gasteiger partial charge in [0.15, 0.2) is 0 Å². The highest BCUT2D eigenvalue weighted by Gasteiger charge is 2.15. The van der Waals surface area contributed by atoms with E-state index in [9.17, 15) is 4.79 Å². The summed E-state index contributed by atoms with van der Waals surface area (Å²) in [6, 6.07) is 0. The van der Waals surface area contributed by atoms with E-state index in [4.69, 9.17) is 4.74 Å². The van der Waals surface area contributed by atoms with Crippen LogP contribution in [0, 0.1) is 5.92 Å². The molecule has 0 spiro atoms. The topological polar surface area (TPSA) is 29.5 Å². The Kier molecular flexibility index (Phi) is 17.7. The molecule has 1 aliphatic carbocycles.